The van der Waals surface area contributed by atoms with Crippen LogP contribution in [0.15, 0.2) is 64.2 Å². The Morgan fingerprint density at radius 3 is 2.82 bits per heavy atom. The van der Waals surface area contributed by atoms with E-state index in [1.807, 2.05) is 25.1 Å². The lowest BCUT2D eigenvalue weighted by atomic mass is 10.1. The zero-order valence-corrected chi connectivity index (χ0v) is 14.8. The van der Waals surface area contributed by atoms with Gasteiger partial charge in [-0.15, -0.1) is 0 Å². The third kappa shape index (κ3) is 3.27. The van der Waals surface area contributed by atoms with E-state index in [1.54, 1.807) is 12.1 Å². The third-order valence-electron chi connectivity index (χ3n) is 4.21. The van der Waals surface area contributed by atoms with Crippen molar-refractivity contribution in [2.24, 2.45) is 0 Å². The molecule has 0 bridgehead atoms. The van der Waals surface area contributed by atoms with Crippen molar-refractivity contribution in [2.45, 2.75) is 13.5 Å². The normalized spacial score (nSPS) is 10.9. The van der Waals surface area contributed by atoms with Crippen LogP contribution in [0.2, 0.25) is 0 Å². The molecule has 0 saturated carbocycles. The third-order valence-corrected chi connectivity index (χ3v) is 4.21. The highest BCUT2D eigenvalue weighted by atomic mass is 19.1. The summed E-state index contributed by atoms with van der Waals surface area (Å²) < 4.78 is 20.3. The fourth-order valence-electron chi connectivity index (χ4n) is 2.91. The van der Waals surface area contributed by atoms with Gasteiger partial charge < -0.3 is 9.84 Å². The number of carbonyl (C=O) groups is 1. The number of anilines is 1. The predicted molar refractivity (Wildman–Crippen MR) is 101 cm³/mol. The Balaban J connectivity index is 1.68. The first kappa shape index (κ1) is 17.6. The van der Waals surface area contributed by atoms with E-state index in [0.717, 1.165) is 10.1 Å². The van der Waals surface area contributed by atoms with E-state index in [0.29, 0.717) is 5.69 Å². The summed E-state index contributed by atoms with van der Waals surface area (Å²) in [4.78, 5) is 29.2. The summed E-state index contributed by atoms with van der Waals surface area (Å²) in [5.41, 5.74) is 1.25. The molecular weight excluding hydrogens is 363 g/mol. The van der Waals surface area contributed by atoms with Gasteiger partial charge in [-0.25, -0.2) is 9.37 Å². The Kier molecular flexibility index (Phi) is 4.44. The van der Waals surface area contributed by atoms with Crippen LogP contribution in [0.1, 0.15) is 5.56 Å². The number of halogens is 1. The number of rotatable bonds is 4. The van der Waals surface area contributed by atoms with Gasteiger partial charge in [-0.3, -0.25) is 14.2 Å². The van der Waals surface area contributed by atoms with Gasteiger partial charge in [0, 0.05) is 11.3 Å². The molecule has 0 radical (unpaired) electrons. The summed E-state index contributed by atoms with van der Waals surface area (Å²) in [5.74, 6) is -0.928. The first-order valence-corrected chi connectivity index (χ1v) is 8.49. The zero-order valence-electron chi connectivity index (χ0n) is 14.8. The van der Waals surface area contributed by atoms with Crippen molar-refractivity contribution in [3.8, 4) is 11.3 Å². The van der Waals surface area contributed by atoms with Crippen molar-refractivity contribution in [1.82, 2.24) is 14.7 Å². The molecule has 1 N–H and O–H groups in total. The quantitative estimate of drug-likeness (QED) is 0.589. The Morgan fingerprint density at radius 2 is 2.04 bits per heavy atom. The van der Waals surface area contributed by atoms with Gasteiger partial charge in [-0.05, 0) is 36.8 Å². The summed E-state index contributed by atoms with van der Waals surface area (Å²) in [6.45, 7) is 1.66. The molecule has 0 atom stereocenters. The van der Waals surface area contributed by atoms with Gasteiger partial charge in [0.1, 0.15) is 29.8 Å². The molecule has 4 aromatic rings. The minimum absolute atomic E-state index is 0.0152. The van der Waals surface area contributed by atoms with Gasteiger partial charge in [-0.2, -0.15) is 0 Å². The number of hydrogen-bond acceptors (Lipinski definition) is 5. The van der Waals surface area contributed by atoms with Crippen molar-refractivity contribution >= 4 is 22.7 Å². The van der Waals surface area contributed by atoms with Gasteiger partial charge in [0.25, 0.3) is 11.3 Å². The van der Waals surface area contributed by atoms with Crippen LogP contribution in [0.25, 0.3) is 22.4 Å². The molecule has 0 fully saturated rings. The van der Waals surface area contributed by atoms with E-state index < -0.39 is 17.3 Å². The number of aromatic nitrogens is 3. The van der Waals surface area contributed by atoms with Crippen molar-refractivity contribution in [1.29, 1.82) is 0 Å². The smallest absolute Gasteiger partial charge is 0.267 e. The molecule has 140 valence electrons. The summed E-state index contributed by atoms with van der Waals surface area (Å²) in [6, 6.07) is 13.2. The van der Waals surface area contributed by atoms with Gasteiger partial charge in [-0.1, -0.05) is 29.4 Å². The van der Waals surface area contributed by atoms with Gasteiger partial charge in [0.2, 0.25) is 5.91 Å². The molecule has 0 saturated heterocycles. The maximum atomic E-state index is 14.1. The Bertz CT molecular complexity index is 1250. The summed E-state index contributed by atoms with van der Waals surface area (Å²) >= 11 is 0. The van der Waals surface area contributed by atoms with Crippen molar-refractivity contribution in [3.63, 3.8) is 0 Å². The van der Waals surface area contributed by atoms with Crippen LogP contribution in [-0.4, -0.2) is 20.6 Å². The lowest BCUT2D eigenvalue weighted by Crippen LogP contribution is -2.27. The number of aryl methyl sites for hydroxylation is 1. The number of nitrogens with one attached hydrogen (secondary N) is 1. The second-order valence-electron chi connectivity index (χ2n) is 6.29. The van der Waals surface area contributed by atoms with E-state index in [4.69, 9.17) is 4.52 Å². The molecule has 0 unspecified atom stereocenters. The highest BCUT2D eigenvalue weighted by Gasteiger charge is 2.20. The van der Waals surface area contributed by atoms with E-state index in [-0.39, 0.29) is 28.9 Å². The summed E-state index contributed by atoms with van der Waals surface area (Å²) in [7, 11) is 0. The monoisotopic (exact) mass is 378 g/mol. The first-order chi connectivity index (χ1) is 13.5. The molecule has 2 heterocycles. The van der Waals surface area contributed by atoms with Crippen LogP contribution in [0.4, 0.5) is 10.1 Å². The Hall–Kier alpha value is -3.81. The highest BCUT2D eigenvalue weighted by Crippen LogP contribution is 2.26. The largest absolute Gasteiger partial charge is 0.335 e. The lowest BCUT2D eigenvalue weighted by Gasteiger charge is -2.07. The van der Waals surface area contributed by atoms with Crippen molar-refractivity contribution in [3.05, 3.63) is 76.6 Å². The first-order valence-electron chi connectivity index (χ1n) is 8.49. The van der Waals surface area contributed by atoms with Gasteiger partial charge in [0.05, 0.1) is 0 Å². The maximum absolute atomic E-state index is 14.1. The Labute approximate surface area is 158 Å². The molecule has 0 spiro atoms. The second-order valence-corrected chi connectivity index (χ2v) is 6.29. The number of carbonyl (C=O) groups excluding carboxylic acids is 1. The average Bonchev–Trinajstić information content (AvgIpc) is 3.09. The van der Waals surface area contributed by atoms with Gasteiger partial charge in [0.15, 0.2) is 0 Å². The van der Waals surface area contributed by atoms with E-state index in [9.17, 15) is 14.0 Å². The maximum Gasteiger partial charge on any atom is 0.267 e. The zero-order chi connectivity index (χ0) is 19.7. The van der Waals surface area contributed by atoms with Crippen LogP contribution in [0, 0.1) is 12.7 Å². The van der Waals surface area contributed by atoms with Crippen LogP contribution < -0.4 is 10.9 Å². The van der Waals surface area contributed by atoms with Crippen LogP contribution in [-0.2, 0) is 11.3 Å². The SMILES string of the molecule is Cc1cccc(NC(=O)Cn2cnc3onc(-c4ccccc4F)c3c2=O)c1. The van der Waals surface area contributed by atoms with Crippen molar-refractivity contribution in [2.75, 3.05) is 5.32 Å². The number of nitrogens with zero attached hydrogens (tertiary/aromatic N) is 3. The number of amides is 1. The predicted octanol–water partition coefficient (Wildman–Crippen LogP) is 3.14. The molecule has 1 amide bonds. The fraction of sp³-hybridized carbons (Fsp3) is 0.100. The molecule has 0 aliphatic rings. The minimum atomic E-state index is -0.538. The molecule has 0 aliphatic carbocycles. The number of hydrogen-bond donors (Lipinski definition) is 1. The molecule has 8 heteroatoms. The standard InChI is InChI=1S/C20H15FN4O3/c1-12-5-4-6-13(9-12)23-16(26)10-25-11-22-19-17(20(25)27)18(24-28-19)14-7-2-3-8-15(14)21/h2-9,11H,10H2,1H3,(H,23,26). The Morgan fingerprint density at radius 1 is 1.21 bits per heavy atom. The van der Waals surface area contributed by atoms with Gasteiger partial charge >= 0.3 is 0 Å². The molecule has 28 heavy (non-hydrogen) atoms. The van der Waals surface area contributed by atoms with Crippen LogP contribution in [0.3, 0.4) is 0 Å². The summed E-state index contributed by atoms with van der Waals surface area (Å²) in [5, 5.41) is 6.55. The number of fused-ring (bicyclic) bond motifs is 1. The second kappa shape index (κ2) is 7.07. The molecule has 7 nitrogen and oxygen atoms in total. The van der Waals surface area contributed by atoms with Crippen LogP contribution >= 0.6 is 0 Å². The fourth-order valence-corrected chi connectivity index (χ4v) is 2.91. The molecule has 0 aliphatic heterocycles. The van der Waals surface area contributed by atoms with Crippen molar-refractivity contribution < 1.29 is 13.7 Å². The number of benzene rings is 2. The van der Waals surface area contributed by atoms with E-state index in [1.165, 1.54) is 24.5 Å². The molecule has 4 rings (SSSR count). The minimum Gasteiger partial charge on any atom is -0.335 e. The van der Waals surface area contributed by atoms with Crippen LogP contribution in [0.5, 0.6) is 0 Å². The molecule has 2 aromatic heterocycles. The summed E-state index contributed by atoms with van der Waals surface area (Å²) in [6.07, 6.45) is 1.21. The average molecular weight is 378 g/mol. The lowest BCUT2D eigenvalue weighted by molar-refractivity contribution is -0.116. The molecule has 2 aromatic carbocycles. The highest BCUT2D eigenvalue weighted by molar-refractivity contribution is 5.91. The topological polar surface area (TPSA) is 90.0 Å². The van der Waals surface area contributed by atoms with E-state index >= 15 is 0 Å². The van der Waals surface area contributed by atoms with E-state index in [2.05, 4.69) is 15.5 Å². The molecular formula is C20H15FN4O3.